The summed E-state index contributed by atoms with van der Waals surface area (Å²) in [5, 5.41) is 4.57. The Morgan fingerprint density at radius 1 is 1.14 bits per heavy atom. The lowest BCUT2D eigenvalue weighted by atomic mass is 10.2. The Morgan fingerprint density at radius 2 is 1.95 bits per heavy atom. The molecule has 1 saturated heterocycles. The summed E-state index contributed by atoms with van der Waals surface area (Å²) in [6, 6.07) is 9.29. The molecule has 1 aromatic heterocycles. The predicted octanol–water partition coefficient (Wildman–Crippen LogP) is 4.52. The van der Waals surface area contributed by atoms with Gasteiger partial charge in [0.15, 0.2) is 0 Å². The topological polar surface area (TPSA) is 34.4 Å². The van der Waals surface area contributed by atoms with Crippen molar-refractivity contribution in [1.29, 1.82) is 0 Å². The Labute approximate surface area is 134 Å². The molecule has 21 heavy (non-hydrogen) atoms. The number of furan rings is 1. The lowest BCUT2D eigenvalue weighted by Gasteiger charge is -2.09. The van der Waals surface area contributed by atoms with Gasteiger partial charge in [0.1, 0.15) is 11.5 Å². The molecule has 0 saturated carbocycles. The third kappa shape index (κ3) is 4.01. The third-order valence-electron chi connectivity index (χ3n) is 3.50. The molecule has 0 spiro atoms. The molecule has 1 fully saturated rings. The van der Waals surface area contributed by atoms with Crippen molar-refractivity contribution in [3.63, 3.8) is 0 Å². The number of ether oxygens (including phenoxy) is 1. The number of hydrogen-bond acceptors (Lipinski definition) is 3. The van der Waals surface area contributed by atoms with Gasteiger partial charge in [-0.2, -0.15) is 0 Å². The minimum atomic E-state index is 0.339. The second-order valence-electron chi connectivity index (χ2n) is 5.19. The van der Waals surface area contributed by atoms with Gasteiger partial charge in [0, 0.05) is 28.8 Å². The number of halogens is 2. The van der Waals surface area contributed by atoms with Gasteiger partial charge in [0.2, 0.25) is 0 Å². The highest BCUT2D eigenvalue weighted by Gasteiger charge is 2.15. The van der Waals surface area contributed by atoms with Crippen LogP contribution in [0.4, 0.5) is 0 Å². The molecule has 3 rings (SSSR count). The smallest absolute Gasteiger partial charge is 0.134 e. The van der Waals surface area contributed by atoms with Crippen LogP contribution in [0.15, 0.2) is 34.7 Å². The molecule has 1 unspecified atom stereocenters. The van der Waals surface area contributed by atoms with Gasteiger partial charge < -0.3 is 14.5 Å². The Hall–Kier alpha value is -1.00. The largest absolute Gasteiger partial charge is 0.460 e. The fourth-order valence-corrected chi connectivity index (χ4v) is 3.01. The molecule has 0 bridgehead atoms. The molecule has 0 amide bonds. The van der Waals surface area contributed by atoms with E-state index in [0.29, 0.717) is 22.7 Å². The van der Waals surface area contributed by atoms with Crippen molar-refractivity contribution in [2.45, 2.75) is 25.5 Å². The van der Waals surface area contributed by atoms with Crippen LogP contribution in [-0.2, 0) is 11.3 Å². The molecule has 2 aromatic rings. The molecule has 0 aliphatic carbocycles. The first kappa shape index (κ1) is 14.9. The fourth-order valence-electron chi connectivity index (χ4n) is 2.49. The van der Waals surface area contributed by atoms with Gasteiger partial charge in [-0.3, -0.25) is 0 Å². The molecule has 1 atom stereocenters. The van der Waals surface area contributed by atoms with Gasteiger partial charge in [-0.1, -0.05) is 23.2 Å². The quantitative estimate of drug-likeness (QED) is 0.877. The van der Waals surface area contributed by atoms with Gasteiger partial charge in [0.25, 0.3) is 0 Å². The molecule has 1 aliphatic rings. The van der Waals surface area contributed by atoms with Crippen LogP contribution in [0.25, 0.3) is 11.3 Å². The molecule has 1 aliphatic heterocycles. The highest BCUT2D eigenvalue weighted by Crippen LogP contribution is 2.28. The van der Waals surface area contributed by atoms with Crippen LogP contribution in [-0.4, -0.2) is 19.3 Å². The van der Waals surface area contributed by atoms with Crippen molar-refractivity contribution >= 4 is 23.2 Å². The van der Waals surface area contributed by atoms with Crippen LogP contribution < -0.4 is 5.32 Å². The zero-order chi connectivity index (χ0) is 14.7. The molecule has 1 N–H and O–H groups in total. The molecule has 112 valence electrons. The second-order valence-corrected chi connectivity index (χ2v) is 6.06. The van der Waals surface area contributed by atoms with Crippen molar-refractivity contribution in [2.24, 2.45) is 0 Å². The number of benzene rings is 1. The summed E-state index contributed by atoms with van der Waals surface area (Å²) in [6.45, 7) is 2.43. The Kier molecular flexibility index (Phi) is 4.86. The molecule has 0 radical (unpaired) electrons. The molecular weight excluding hydrogens is 309 g/mol. The second kappa shape index (κ2) is 6.84. The molecule has 5 heteroatoms. The third-order valence-corrected chi connectivity index (χ3v) is 3.94. The van der Waals surface area contributed by atoms with Gasteiger partial charge in [-0.15, -0.1) is 0 Å². The SMILES string of the molecule is Clc1cc(Cl)cc(-c2ccc(CNCC3CCCO3)o2)c1. The summed E-state index contributed by atoms with van der Waals surface area (Å²) < 4.78 is 11.4. The zero-order valence-corrected chi connectivity index (χ0v) is 13.1. The maximum atomic E-state index is 6.01. The first-order valence-electron chi connectivity index (χ1n) is 7.08. The van der Waals surface area contributed by atoms with E-state index in [-0.39, 0.29) is 0 Å². The standard InChI is InChI=1S/C16H17Cl2NO2/c17-12-6-11(7-13(18)8-12)16-4-3-15(21-16)10-19-9-14-2-1-5-20-14/h3-4,6-8,14,19H,1-2,5,9-10H2. The van der Waals surface area contributed by atoms with Crippen molar-refractivity contribution in [2.75, 3.05) is 13.2 Å². The maximum Gasteiger partial charge on any atom is 0.134 e. The Morgan fingerprint density at radius 3 is 2.67 bits per heavy atom. The predicted molar refractivity (Wildman–Crippen MR) is 84.8 cm³/mol. The van der Waals surface area contributed by atoms with Crippen LogP contribution in [0.5, 0.6) is 0 Å². The first-order valence-corrected chi connectivity index (χ1v) is 7.84. The van der Waals surface area contributed by atoms with E-state index in [0.717, 1.165) is 43.1 Å². The number of rotatable bonds is 5. The lowest BCUT2D eigenvalue weighted by molar-refractivity contribution is 0.109. The van der Waals surface area contributed by atoms with Gasteiger partial charge in [-0.05, 0) is 43.2 Å². The highest BCUT2D eigenvalue weighted by molar-refractivity contribution is 6.35. The molecular formula is C16H17Cl2NO2. The molecule has 2 heterocycles. The normalized spacial score (nSPS) is 18.3. The van der Waals surface area contributed by atoms with Crippen molar-refractivity contribution in [3.05, 3.63) is 46.1 Å². The van der Waals surface area contributed by atoms with E-state index in [4.69, 9.17) is 32.4 Å². The minimum Gasteiger partial charge on any atom is -0.460 e. The highest BCUT2D eigenvalue weighted by atomic mass is 35.5. The van der Waals surface area contributed by atoms with E-state index in [1.165, 1.54) is 0 Å². The van der Waals surface area contributed by atoms with E-state index in [1.807, 2.05) is 24.3 Å². The number of hydrogen-bond donors (Lipinski definition) is 1. The zero-order valence-electron chi connectivity index (χ0n) is 11.6. The minimum absolute atomic E-state index is 0.339. The van der Waals surface area contributed by atoms with Crippen LogP contribution >= 0.6 is 23.2 Å². The summed E-state index contributed by atoms with van der Waals surface area (Å²) in [4.78, 5) is 0. The summed E-state index contributed by atoms with van der Waals surface area (Å²) in [5.74, 6) is 1.66. The van der Waals surface area contributed by atoms with Crippen LogP contribution in [0.2, 0.25) is 10.0 Å². The maximum absolute atomic E-state index is 6.01. The van der Waals surface area contributed by atoms with E-state index in [1.54, 1.807) is 6.07 Å². The average Bonchev–Trinajstić information content (AvgIpc) is 3.09. The molecule has 3 nitrogen and oxygen atoms in total. The van der Waals surface area contributed by atoms with Gasteiger partial charge in [0.05, 0.1) is 12.6 Å². The Balaban J connectivity index is 1.60. The van der Waals surface area contributed by atoms with Crippen molar-refractivity contribution in [3.8, 4) is 11.3 Å². The van der Waals surface area contributed by atoms with E-state index >= 15 is 0 Å². The van der Waals surface area contributed by atoms with Crippen LogP contribution in [0.1, 0.15) is 18.6 Å². The summed E-state index contributed by atoms with van der Waals surface area (Å²) in [6.07, 6.45) is 2.63. The molecule has 1 aromatic carbocycles. The van der Waals surface area contributed by atoms with Crippen molar-refractivity contribution < 1.29 is 9.15 Å². The summed E-state index contributed by atoms with van der Waals surface area (Å²) in [5.41, 5.74) is 0.887. The average molecular weight is 326 g/mol. The monoisotopic (exact) mass is 325 g/mol. The van der Waals surface area contributed by atoms with E-state index in [2.05, 4.69) is 5.32 Å². The van der Waals surface area contributed by atoms with Crippen LogP contribution in [0, 0.1) is 0 Å². The summed E-state index contributed by atoms with van der Waals surface area (Å²) >= 11 is 12.0. The fraction of sp³-hybridized carbons (Fsp3) is 0.375. The van der Waals surface area contributed by atoms with Crippen LogP contribution in [0.3, 0.4) is 0 Å². The van der Waals surface area contributed by atoms with E-state index < -0.39 is 0 Å². The first-order chi connectivity index (χ1) is 10.2. The van der Waals surface area contributed by atoms with Gasteiger partial charge in [-0.25, -0.2) is 0 Å². The van der Waals surface area contributed by atoms with Gasteiger partial charge >= 0.3 is 0 Å². The Bertz CT molecular complexity index is 586. The number of nitrogens with one attached hydrogen (secondary N) is 1. The lowest BCUT2D eigenvalue weighted by Crippen LogP contribution is -2.25. The van der Waals surface area contributed by atoms with Crippen molar-refractivity contribution in [1.82, 2.24) is 5.32 Å². The summed E-state index contributed by atoms with van der Waals surface area (Å²) in [7, 11) is 0. The van der Waals surface area contributed by atoms with E-state index in [9.17, 15) is 0 Å².